The summed E-state index contributed by atoms with van der Waals surface area (Å²) in [6.07, 6.45) is 0.367. The monoisotopic (exact) mass is 297 g/mol. The molecule has 3 nitrogen and oxygen atoms in total. The first-order chi connectivity index (χ1) is 11.3. The molecule has 0 bridgehead atoms. The first kappa shape index (κ1) is 14.6. The second-order valence-corrected chi connectivity index (χ2v) is 5.35. The van der Waals surface area contributed by atoms with Gasteiger partial charge in [-0.2, -0.15) is 10.5 Å². The van der Waals surface area contributed by atoms with Gasteiger partial charge >= 0.3 is 0 Å². The molecule has 1 heterocycles. The van der Waals surface area contributed by atoms with Gasteiger partial charge in [0, 0.05) is 13.5 Å². The van der Waals surface area contributed by atoms with Crippen molar-refractivity contribution in [3.8, 4) is 12.1 Å². The molecule has 0 saturated heterocycles. The van der Waals surface area contributed by atoms with Gasteiger partial charge in [0.2, 0.25) is 0 Å². The van der Waals surface area contributed by atoms with Crippen LogP contribution in [0.1, 0.15) is 17.5 Å². The molecule has 2 aromatic rings. The molecule has 1 aliphatic heterocycles. The Morgan fingerprint density at radius 1 is 0.739 bits per heavy atom. The SMILES string of the molecule is CN1C(c2ccccc2)=C(C#N)CC(C#N)=C1c1ccccc1. The normalized spacial score (nSPS) is 14.5. The van der Waals surface area contributed by atoms with Crippen molar-refractivity contribution in [1.29, 1.82) is 10.5 Å². The van der Waals surface area contributed by atoms with Crippen LogP contribution in [-0.2, 0) is 0 Å². The summed E-state index contributed by atoms with van der Waals surface area (Å²) in [6.45, 7) is 0. The van der Waals surface area contributed by atoms with E-state index in [1.807, 2.05) is 72.6 Å². The molecule has 0 amide bonds. The minimum Gasteiger partial charge on any atom is -0.342 e. The number of allylic oxidation sites excluding steroid dienone is 2. The molecule has 23 heavy (non-hydrogen) atoms. The van der Waals surface area contributed by atoms with E-state index in [1.165, 1.54) is 0 Å². The van der Waals surface area contributed by atoms with E-state index in [4.69, 9.17) is 0 Å². The van der Waals surface area contributed by atoms with Crippen LogP contribution in [-0.4, -0.2) is 11.9 Å². The fourth-order valence-electron chi connectivity index (χ4n) is 2.97. The van der Waals surface area contributed by atoms with Gasteiger partial charge in [-0.1, -0.05) is 60.7 Å². The van der Waals surface area contributed by atoms with Crippen LogP contribution in [0.5, 0.6) is 0 Å². The molecule has 0 aromatic heterocycles. The lowest BCUT2D eigenvalue weighted by atomic mass is 9.91. The molecule has 0 N–H and O–H groups in total. The maximum Gasteiger partial charge on any atom is 0.0973 e. The molecular formula is C20H15N3. The minimum absolute atomic E-state index is 0.367. The molecule has 1 aliphatic rings. The van der Waals surface area contributed by atoms with Crippen molar-refractivity contribution in [3.63, 3.8) is 0 Å². The van der Waals surface area contributed by atoms with Crippen molar-refractivity contribution in [1.82, 2.24) is 4.90 Å². The fourth-order valence-corrected chi connectivity index (χ4v) is 2.97. The molecule has 3 heteroatoms. The van der Waals surface area contributed by atoms with Gasteiger partial charge in [-0.25, -0.2) is 0 Å². The summed E-state index contributed by atoms with van der Waals surface area (Å²) in [7, 11) is 1.92. The summed E-state index contributed by atoms with van der Waals surface area (Å²) < 4.78 is 0. The number of benzene rings is 2. The average molecular weight is 297 g/mol. The lowest BCUT2D eigenvalue weighted by Gasteiger charge is -2.32. The smallest absolute Gasteiger partial charge is 0.0973 e. The number of rotatable bonds is 2. The molecule has 0 spiro atoms. The number of hydrogen-bond donors (Lipinski definition) is 0. The van der Waals surface area contributed by atoms with Crippen LogP contribution >= 0.6 is 0 Å². The van der Waals surface area contributed by atoms with Gasteiger partial charge in [-0.15, -0.1) is 0 Å². The molecule has 0 saturated carbocycles. The standard InChI is InChI=1S/C20H15N3/c1-23-19(15-8-4-2-5-9-15)17(13-21)12-18(14-22)20(23)16-10-6-3-7-11-16/h2-11H,12H2,1H3. The van der Waals surface area contributed by atoms with Gasteiger partial charge in [-0.3, -0.25) is 0 Å². The van der Waals surface area contributed by atoms with E-state index in [9.17, 15) is 10.5 Å². The predicted octanol–water partition coefficient (Wildman–Crippen LogP) is 4.19. The third kappa shape index (κ3) is 2.61. The van der Waals surface area contributed by atoms with Crippen LogP contribution in [0.15, 0.2) is 71.8 Å². The quantitative estimate of drug-likeness (QED) is 0.835. The van der Waals surface area contributed by atoms with E-state index in [0.29, 0.717) is 17.6 Å². The van der Waals surface area contributed by atoms with Crippen molar-refractivity contribution < 1.29 is 0 Å². The lowest BCUT2D eigenvalue weighted by Crippen LogP contribution is -2.22. The van der Waals surface area contributed by atoms with E-state index in [0.717, 1.165) is 22.5 Å². The highest BCUT2D eigenvalue weighted by atomic mass is 15.1. The number of nitriles is 2. The maximum atomic E-state index is 9.54. The highest BCUT2D eigenvalue weighted by Gasteiger charge is 2.27. The van der Waals surface area contributed by atoms with Gasteiger partial charge in [0.1, 0.15) is 0 Å². The molecular weight excluding hydrogens is 282 g/mol. The van der Waals surface area contributed by atoms with E-state index in [2.05, 4.69) is 12.1 Å². The predicted molar refractivity (Wildman–Crippen MR) is 90.3 cm³/mol. The van der Waals surface area contributed by atoms with E-state index >= 15 is 0 Å². The Hall–Kier alpha value is -3.30. The Kier molecular flexibility index (Phi) is 3.95. The van der Waals surface area contributed by atoms with E-state index in [1.54, 1.807) is 0 Å². The zero-order valence-corrected chi connectivity index (χ0v) is 12.8. The topological polar surface area (TPSA) is 50.8 Å². The molecule has 0 aliphatic carbocycles. The van der Waals surface area contributed by atoms with Crippen LogP contribution in [0.25, 0.3) is 11.4 Å². The molecule has 2 aromatic carbocycles. The highest BCUT2D eigenvalue weighted by Crippen LogP contribution is 2.39. The summed E-state index contributed by atoms with van der Waals surface area (Å²) in [5, 5.41) is 19.1. The number of nitrogens with zero attached hydrogens (tertiary/aromatic N) is 3. The highest BCUT2D eigenvalue weighted by molar-refractivity contribution is 5.86. The molecule has 0 atom stereocenters. The first-order valence-electron chi connectivity index (χ1n) is 7.37. The van der Waals surface area contributed by atoms with Crippen LogP contribution in [0, 0.1) is 22.7 Å². The Morgan fingerprint density at radius 2 is 1.13 bits per heavy atom. The summed E-state index contributed by atoms with van der Waals surface area (Å²) in [5.74, 6) is 0. The Labute approximate surface area is 136 Å². The summed E-state index contributed by atoms with van der Waals surface area (Å²) in [6, 6.07) is 24.2. The second kappa shape index (κ2) is 6.22. The van der Waals surface area contributed by atoms with Crippen molar-refractivity contribution in [3.05, 3.63) is 82.9 Å². The third-order valence-corrected chi connectivity index (χ3v) is 3.96. The second-order valence-electron chi connectivity index (χ2n) is 5.35. The maximum absolute atomic E-state index is 9.54. The summed E-state index contributed by atoms with van der Waals surface area (Å²) in [4.78, 5) is 1.96. The first-order valence-corrected chi connectivity index (χ1v) is 7.37. The Balaban J connectivity index is 2.18. The van der Waals surface area contributed by atoms with Crippen molar-refractivity contribution in [2.24, 2.45) is 0 Å². The summed E-state index contributed by atoms with van der Waals surface area (Å²) in [5.41, 5.74) is 4.94. The van der Waals surface area contributed by atoms with E-state index < -0.39 is 0 Å². The molecule has 0 fully saturated rings. The number of hydrogen-bond acceptors (Lipinski definition) is 3. The van der Waals surface area contributed by atoms with Crippen LogP contribution in [0.3, 0.4) is 0 Å². The van der Waals surface area contributed by atoms with Crippen molar-refractivity contribution >= 4 is 11.4 Å². The van der Waals surface area contributed by atoms with Crippen LogP contribution in [0.2, 0.25) is 0 Å². The van der Waals surface area contributed by atoms with Crippen LogP contribution in [0.4, 0.5) is 0 Å². The minimum atomic E-state index is 0.367. The zero-order valence-electron chi connectivity index (χ0n) is 12.8. The van der Waals surface area contributed by atoms with Gasteiger partial charge in [0.05, 0.1) is 34.7 Å². The lowest BCUT2D eigenvalue weighted by molar-refractivity contribution is 0.662. The molecule has 3 rings (SSSR count). The fraction of sp³-hybridized carbons (Fsp3) is 0.100. The van der Waals surface area contributed by atoms with Gasteiger partial charge in [-0.05, 0) is 11.1 Å². The Morgan fingerprint density at radius 3 is 1.48 bits per heavy atom. The van der Waals surface area contributed by atoms with Gasteiger partial charge in [0.25, 0.3) is 0 Å². The third-order valence-electron chi connectivity index (χ3n) is 3.96. The Bertz CT molecular complexity index is 789. The molecule has 110 valence electrons. The average Bonchev–Trinajstić information content (AvgIpc) is 2.62. The largest absolute Gasteiger partial charge is 0.342 e. The van der Waals surface area contributed by atoms with E-state index in [-0.39, 0.29) is 0 Å². The zero-order chi connectivity index (χ0) is 16.2. The summed E-state index contributed by atoms with van der Waals surface area (Å²) >= 11 is 0. The molecule has 0 unspecified atom stereocenters. The van der Waals surface area contributed by atoms with Gasteiger partial charge in [0.15, 0.2) is 0 Å². The van der Waals surface area contributed by atoms with Crippen molar-refractivity contribution in [2.75, 3.05) is 7.05 Å². The van der Waals surface area contributed by atoms with Crippen LogP contribution < -0.4 is 0 Å². The van der Waals surface area contributed by atoms with Gasteiger partial charge < -0.3 is 4.90 Å². The molecule has 0 radical (unpaired) electrons. The van der Waals surface area contributed by atoms with Crippen molar-refractivity contribution in [2.45, 2.75) is 6.42 Å².